The van der Waals surface area contributed by atoms with E-state index in [9.17, 15) is 4.79 Å². The van der Waals surface area contributed by atoms with Gasteiger partial charge in [-0.25, -0.2) is 4.98 Å². The fraction of sp³-hybridized carbons (Fsp3) is 0.375. The van der Waals surface area contributed by atoms with E-state index in [0.29, 0.717) is 18.9 Å². The first-order valence-corrected chi connectivity index (χ1v) is 11.9. The Hall–Kier alpha value is -2.88. The number of halogens is 1. The van der Waals surface area contributed by atoms with Crippen LogP contribution in [0.2, 0.25) is 0 Å². The Labute approximate surface area is 197 Å². The molecule has 2 unspecified atom stereocenters. The van der Waals surface area contributed by atoms with Crippen molar-refractivity contribution in [3.63, 3.8) is 0 Å². The van der Waals surface area contributed by atoms with E-state index < -0.39 is 11.7 Å². The fourth-order valence-electron chi connectivity index (χ4n) is 4.58. The highest BCUT2D eigenvalue weighted by molar-refractivity contribution is 7.13. The maximum atomic E-state index is 15.3. The van der Waals surface area contributed by atoms with Gasteiger partial charge in [0.2, 0.25) is 5.82 Å². The van der Waals surface area contributed by atoms with Gasteiger partial charge in [-0.1, -0.05) is 19.1 Å². The average molecular weight is 471 g/mol. The molecule has 3 aromatic rings. The number of anilines is 2. The molecule has 9 heteroatoms. The predicted octanol–water partition coefficient (Wildman–Crippen LogP) is 4.57. The minimum atomic E-state index is -0.741. The zero-order chi connectivity index (χ0) is 23.6. The first-order chi connectivity index (χ1) is 15.8. The minimum absolute atomic E-state index is 0.00919. The first-order valence-electron chi connectivity index (χ1n) is 11.0. The van der Waals surface area contributed by atoms with Crippen LogP contribution in [0, 0.1) is 11.7 Å². The molecule has 1 aliphatic heterocycles. The van der Waals surface area contributed by atoms with E-state index >= 15 is 4.39 Å². The number of ether oxygens (including phenoxy) is 1. The van der Waals surface area contributed by atoms with Gasteiger partial charge in [0.25, 0.3) is 11.7 Å². The Kier molecular flexibility index (Phi) is 6.73. The smallest absolute Gasteiger partial charge is 0.265 e. The molecular formula is C24H29FN5O2S+. The highest BCUT2D eigenvalue weighted by Crippen LogP contribution is 2.35. The number of thiazole rings is 1. The number of hydrogen-bond donors (Lipinski definition) is 2. The number of amides is 1. The van der Waals surface area contributed by atoms with Crippen LogP contribution in [0.4, 0.5) is 21.7 Å². The van der Waals surface area contributed by atoms with E-state index in [1.54, 1.807) is 6.20 Å². The minimum Gasteiger partial charge on any atom is -0.381 e. The molecule has 3 N–H and O–H groups in total. The lowest BCUT2D eigenvalue weighted by molar-refractivity contribution is 0.00121. The predicted molar refractivity (Wildman–Crippen MR) is 130 cm³/mol. The number of nitrogens with two attached hydrogens (primary N) is 1. The second-order valence-corrected chi connectivity index (χ2v) is 9.63. The quantitative estimate of drug-likeness (QED) is 0.494. The van der Waals surface area contributed by atoms with Crippen LogP contribution in [0.1, 0.15) is 30.1 Å². The molecule has 0 spiro atoms. The maximum absolute atomic E-state index is 15.3. The van der Waals surface area contributed by atoms with Gasteiger partial charge in [-0.05, 0) is 24.6 Å². The van der Waals surface area contributed by atoms with Crippen molar-refractivity contribution < 1.29 is 13.9 Å². The van der Waals surface area contributed by atoms with Crippen molar-refractivity contribution in [3.05, 3.63) is 53.3 Å². The Balaban J connectivity index is 1.73. The molecule has 0 bridgehead atoms. The van der Waals surface area contributed by atoms with Gasteiger partial charge < -0.3 is 15.8 Å². The molecular weight excluding hydrogens is 441 g/mol. The normalized spacial score (nSPS) is 18.8. The molecule has 174 valence electrons. The fourth-order valence-corrected chi connectivity index (χ4v) is 5.22. The number of nitrogens with one attached hydrogen (secondary N) is 1. The zero-order valence-corrected chi connectivity index (χ0v) is 19.9. The van der Waals surface area contributed by atoms with Gasteiger partial charge in [-0.15, -0.1) is 11.3 Å². The van der Waals surface area contributed by atoms with Gasteiger partial charge in [0, 0.05) is 35.2 Å². The van der Waals surface area contributed by atoms with Crippen LogP contribution in [0.5, 0.6) is 0 Å². The van der Waals surface area contributed by atoms with Crippen molar-refractivity contribution in [1.29, 1.82) is 0 Å². The summed E-state index contributed by atoms with van der Waals surface area (Å²) in [6.45, 7) is 3.41. The molecule has 2 atom stereocenters. The van der Waals surface area contributed by atoms with Gasteiger partial charge in [0.1, 0.15) is 16.9 Å². The Morgan fingerprint density at radius 3 is 2.88 bits per heavy atom. The number of quaternary nitrogens is 1. The summed E-state index contributed by atoms with van der Waals surface area (Å²) in [6.07, 6.45) is 3.49. The zero-order valence-electron chi connectivity index (χ0n) is 19.0. The lowest BCUT2D eigenvalue weighted by atomic mass is 9.90. The van der Waals surface area contributed by atoms with E-state index in [0.717, 1.165) is 23.4 Å². The summed E-state index contributed by atoms with van der Waals surface area (Å²) in [4.78, 5) is 21.1. The van der Waals surface area contributed by atoms with Crippen molar-refractivity contribution >= 4 is 34.6 Å². The van der Waals surface area contributed by atoms with Gasteiger partial charge in [0.15, 0.2) is 0 Å². The number of carbonyl (C=O) groups is 1. The van der Waals surface area contributed by atoms with Crippen molar-refractivity contribution in [2.24, 2.45) is 11.7 Å². The SMILES string of the molecule is CCC1COCCC1[N+](C)(C)c1nc(Nc2cccc(-c3nccs3)c2)c(C(N)=O)cc1F. The summed E-state index contributed by atoms with van der Waals surface area (Å²) >= 11 is 1.53. The summed E-state index contributed by atoms with van der Waals surface area (Å²) in [7, 11) is 3.92. The van der Waals surface area contributed by atoms with E-state index in [-0.39, 0.29) is 33.6 Å². The van der Waals surface area contributed by atoms with Crippen LogP contribution in [0.25, 0.3) is 10.6 Å². The molecule has 0 radical (unpaired) electrons. The third-order valence-corrected chi connectivity index (χ3v) is 7.18. The van der Waals surface area contributed by atoms with E-state index in [1.807, 2.05) is 43.7 Å². The van der Waals surface area contributed by atoms with Gasteiger partial charge in [-0.2, -0.15) is 9.37 Å². The molecule has 1 amide bonds. The van der Waals surface area contributed by atoms with Crippen LogP contribution >= 0.6 is 11.3 Å². The largest absolute Gasteiger partial charge is 0.381 e. The van der Waals surface area contributed by atoms with Crippen LogP contribution in [-0.4, -0.2) is 49.2 Å². The number of pyridine rings is 1. The van der Waals surface area contributed by atoms with E-state index in [2.05, 4.69) is 22.2 Å². The molecule has 0 aliphatic carbocycles. The number of nitrogens with zero attached hydrogens (tertiary/aromatic N) is 3. The summed E-state index contributed by atoms with van der Waals surface area (Å²) in [5, 5.41) is 5.98. The molecule has 1 aromatic carbocycles. The summed E-state index contributed by atoms with van der Waals surface area (Å²) in [6, 6.07) is 8.96. The number of carbonyl (C=O) groups excluding carboxylic acids is 1. The highest BCUT2D eigenvalue weighted by Gasteiger charge is 2.41. The van der Waals surface area contributed by atoms with Crippen LogP contribution in [0.3, 0.4) is 0 Å². The average Bonchev–Trinajstić information content (AvgIpc) is 3.35. The molecule has 1 aliphatic rings. The lowest BCUT2D eigenvalue weighted by Gasteiger charge is -2.43. The molecule has 3 heterocycles. The van der Waals surface area contributed by atoms with Crippen LogP contribution in [0.15, 0.2) is 41.9 Å². The molecule has 0 saturated carbocycles. The summed E-state index contributed by atoms with van der Waals surface area (Å²) < 4.78 is 21.2. The molecule has 1 fully saturated rings. The Bertz CT molecular complexity index is 1140. The van der Waals surface area contributed by atoms with Crippen molar-refractivity contribution in [1.82, 2.24) is 14.5 Å². The van der Waals surface area contributed by atoms with Gasteiger partial charge in [-0.3, -0.25) is 9.28 Å². The summed E-state index contributed by atoms with van der Waals surface area (Å²) in [5.41, 5.74) is 7.22. The van der Waals surface area contributed by atoms with Crippen molar-refractivity contribution in [3.8, 4) is 10.6 Å². The van der Waals surface area contributed by atoms with Gasteiger partial charge >= 0.3 is 0 Å². The Morgan fingerprint density at radius 2 is 2.18 bits per heavy atom. The Morgan fingerprint density at radius 1 is 1.36 bits per heavy atom. The highest BCUT2D eigenvalue weighted by atomic mass is 32.1. The third kappa shape index (κ3) is 4.75. The number of rotatable bonds is 7. The van der Waals surface area contributed by atoms with E-state index in [4.69, 9.17) is 10.5 Å². The molecule has 1 saturated heterocycles. The first kappa shape index (κ1) is 23.3. The summed E-state index contributed by atoms with van der Waals surface area (Å²) in [5.74, 6) is -0.492. The lowest BCUT2D eigenvalue weighted by Crippen LogP contribution is -2.57. The third-order valence-electron chi connectivity index (χ3n) is 6.36. The molecule has 2 aromatic heterocycles. The number of hydrogen-bond acceptors (Lipinski definition) is 6. The number of aromatic nitrogens is 2. The molecule has 33 heavy (non-hydrogen) atoms. The molecule has 7 nitrogen and oxygen atoms in total. The van der Waals surface area contributed by atoms with Crippen LogP contribution < -0.4 is 15.5 Å². The second kappa shape index (κ2) is 9.54. The number of primary amides is 1. The topological polar surface area (TPSA) is 90.1 Å². The molecule has 4 rings (SSSR count). The van der Waals surface area contributed by atoms with Gasteiger partial charge in [0.05, 0.1) is 32.9 Å². The standard InChI is InChI=1S/C24H28FN5O2S/c1-4-15-14-32-10-8-20(15)30(2,3)23-19(25)13-18(21(26)31)22(29-23)28-17-7-5-6-16(12-17)24-27-9-11-33-24/h5-7,9,11-13,15,20H,4,8,10,14H2,1-3H3,(H2-,26,28,29,31)/p+1. The van der Waals surface area contributed by atoms with Crippen LogP contribution in [-0.2, 0) is 4.74 Å². The maximum Gasteiger partial charge on any atom is 0.265 e. The van der Waals surface area contributed by atoms with E-state index in [1.165, 1.54) is 17.4 Å². The number of benzene rings is 1. The van der Waals surface area contributed by atoms with Crippen molar-refractivity contribution in [2.45, 2.75) is 25.8 Å². The van der Waals surface area contributed by atoms with Crippen molar-refractivity contribution in [2.75, 3.05) is 32.6 Å². The monoisotopic (exact) mass is 470 g/mol. The second-order valence-electron chi connectivity index (χ2n) is 8.74.